The van der Waals surface area contributed by atoms with Crippen LogP contribution in [0.3, 0.4) is 0 Å². The molecule has 3 heteroatoms. The number of carbonyl (C=O) groups is 1. The monoisotopic (exact) mass is 161 g/mol. The van der Waals surface area contributed by atoms with Crippen molar-refractivity contribution in [3.8, 4) is 6.07 Å². The second-order valence-electron chi connectivity index (χ2n) is 2.22. The third kappa shape index (κ3) is 2.10. The van der Waals surface area contributed by atoms with Crippen LogP contribution in [-0.2, 0) is 16.1 Å². The number of nitrogens with zero attached hydrogens (tertiary/aromatic N) is 1. The molecule has 0 unspecified atom stereocenters. The Morgan fingerprint density at radius 2 is 2.08 bits per heavy atom. The summed E-state index contributed by atoms with van der Waals surface area (Å²) < 4.78 is 4.53. The van der Waals surface area contributed by atoms with Crippen molar-refractivity contribution in [2.24, 2.45) is 0 Å². The van der Waals surface area contributed by atoms with E-state index in [1.807, 2.05) is 6.07 Å². The predicted molar refractivity (Wildman–Crippen MR) is 42.0 cm³/mol. The maximum atomic E-state index is 9.83. The predicted octanol–water partition coefficient (Wildman–Crippen LogP) is 1.23. The number of hydrogen-bond donors (Lipinski definition) is 0. The fraction of sp³-hybridized carbons (Fsp3) is 0.111. The lowest BCUT2D eigenvalue weighted by Crippen LogP contribution is -1.89. The summed E-state index contributed by atoms with van der Waals surface area (Å²) in [4.78, 5) is 9.83. The molecule has 0 bridgehead atoms. The first kappa shape index (κ1) is 8.28. The molecular formula is C9H7NO2. The van der Waals surface area contributed by atoms with Crippen molar-refractivity contribution < 1.29 is 9.53 Å². The van der Waals surface area contributed by atoms with Crippen LogP contribution < -0.4 is 0 Å². The highest BCUT2D eigenvalue weighted by Crippen LogP contribution is 2.03. The molecule has 0 aliphatic carbocycles. The Hall–Kier alpha value is -1.82. The maximum Gasteiger partial charge on any atom is 0.293 e. The lowest BCUT2D eigenvalue weighted by Gasteiger charge is -1.97. The summed E-state index contributed by atoms with van der Waals surface area (Å²) in [5.41, 5.74) is 1.48. The molecule has 0 fully saturated rings. The third-order valence-corrected chi connectivity index (χ3v) is 1.40. The molecule has 0 aromatic heterocycles. The van der Waals surface area contributed by atoms with Crippen molar-refractivity contribution in [1.82, 2.24) is 0 Å². The number of hydrogen-bond acceptors (Lipinski definition) is 3. The molecule has 60 valence electrons. The molecule has 1 aromatic carbocycles. The van der Waals surface area contributed by atoms with E-state index in [0.29, 0.717) is 12.0 Å². The number of benzene rings is 1. The zero-order valence-corrected chi connectivity index (χ0v) is 6.36. The van der Waals surface area contributed by atoms with E-state index < -0.39 is 0 Å². The molecule has 1 rings (SSSR count). The van der Waals surface area contributed by atoms with Gasteiger partial charge in [0.1, 0.15) is 6.61 Å². The average Bonchev–Trinajstić information content (AvgIpc) is 2.15. The lowest BCUT2D eigenvalue weighted by atomic mass is 10.2. The van der Waals surface area contributed by atoms with Crippen LogP contribution in [0, 0.1) is 11.3 Å². The summed E-state index contributed by atoms with van der Waals surface area (Å²) >= 11 is 0. The van der Waals surface area contributed by atoms with Gasteiger partial charge in [-0.25, -0.2) is 0 Å². The highest BCUT2D eigenvalue weighted by molar-refractivity contribution is 5.38. The largest absolute Gasteiger partial charge is 0.463 e. The quantitative estimate of drug-likeness (QED) is 0.626. The van der Waals surface area contributed by atoms with E-state index in [1.54, 1.807) is 24.3 Å². The van der Waals surface area contributed by atoms with Crippen LogP contribution >= 0.6 is 0 Å². The number of carbonyl (C=O) groups excluding carboxylic acids is 1. The average molecular weight is 161 g/mol. The minimum Gasteiger partial charge on any atom is -0.463 e. The number of ether oxygens (including phenoxy) is 1. The molecule has 0 radical (unpaired) electrons. The van der Waals surface area contributed by atoms with Gasteiger partial charge in [0.2, 0.25) is 0 Å². The molecule has 0 amide bonds. The van der Waals surface area contributed by atoms with Crippen molar-refractivity contribution in [2.45, 2.75) is 6.61 Å². The standard InChI is InChI=1S/C9H7NO2/c10-5-8-1-3-9(4-2-8)6-12-7-11/h1-4,7H,6H2. The Kier molecular flexibility index (Phi) is 2.86. The van der Waals surface area contributed by atoms with Crippen LogP contribution in [0.25, 0.3) is 0 Å². The first-order valence-corrected chi connectivity index (χ1v) is 3.41. The van der Waals surface area contributed by atoms with Crippen LogP contribution in [0.4, 0.5) is 0 Å². The van der Waals surface area contributed by atoms with Gasteiger partial charge in [0.15, 0.2) is 0 Å². The minimum atomic E-state index is 0.259. The van der Waals surface area contributed by atoms with Gasteiger partial charge in [-0.3, -0.25) is 4.79 Å². The van der Waals surface area contributed by atoms with Crippen LogP contribution in [-0.4, -0.2) is 6.47 Å². The molecule has 0 heterocycles. The van der Waals surface area contributed by atoms with E-state index in [-0.39, 0.29) is 6.61 Å². The summed E-state index contributed by atoms with van der Waals surface area (Å²) in [5, 5.41) is 8.47. The van der Waals surface area contributed by atoms with Crippen molar-refractivity contribution in [2.75, 3.05) is 0 Å². The molecule has 0 atom stereocenters. The Morgan fingerprint density at radius 1 is 1.42 bits per heavy atom. The van der Waals surface area contributed by atoms with Crippen LogP contribution in [0.15, 0.2) is 24.3 Å². The van der Waals surface area contributed by atoms with Gasteiger partial charge in [0.05, 0.1) is 11.6 Å². The van der Waals surface area contributed by atoms with E-state index in [1.165, 1.54) is 0 Å². The van der Waals surface area contributed by atoms with Crippen molar-refractivity contribution in [3.05, 3.63) is 35.4 Å². The second-order valence-corrected chi connectivity index (χ2v) is 2.22. The van der Waals surface area contributed by atoms with Gasteiger partial charge in [0.25, 0.3) is 6.47 Å². The first-order chi connectivity index (χ1) is 5.86. The van der Waals surface area contributed by atoms with Gasteiger partial charge in [0, 0.05) is 0 Å². The van der Waals surface area contributed by atoms with E-state index in [0.717, 1.165) is 5.56 Å². The van der Waals surface area contributed by atoms with Gasteiger partial charge in [-0.05, 0) is 17.7 Å². The van der Waals surface area contributed by atoms with E-state index in [4.69, 9.17) is 5.26 Å². The van der Waals surface area contributed by atoms with Gasteiger partial charge in [-0.1, -0.05) is 12.1 Å². The molecule has 12 heavy (non-hydrogen) atoms. The first-order valence-electron chi connectivity index (χ1n) is 3.41. The topological polar surface area (TPSA) is 50.1 Å². The highest BCUT2D eigenvalue weighted by Gasteiger charge is 1.92. The van der Waals surface area contributed by atoms with Gasteiger partial charge < -0.3 is 4.74 Å². The molecule has 0 saturated carbocycles. The number of rotatable bonds is 3. The molecule has 3 nitrogen and oxygen atoms in total. The van der Waals surface area contributed by atoms with Crippen LogP contribution in [0.1, 0.15) is 11.1 Å². The molecule has 0 saturated heterocycles. The molecular weight excluding hydrogens is 154 g/mol. The Morgan fingerprint density at radius 3 is 2.58 bits per heavy atom. The zero-order valence-electron chi connectivity index (χ0n) is 6.36. The van der Waals surface area contributed by atoms with Crippen LogP contribution in [0.5, 0.6) is 0 Å². The van der Waals surface area contributed by atoms with Gasteiger partial charge in [-0.15, -0.1) is 0 Å². The van der Waals surface area contributed by atoms with Crippen molar-refractivity contribution in [3.63, 3.8) is 0 Å². The number of nitriles is 1. The van der Waals surface area contributed by atoms with E-state index >= 15 is 0 Å². The summed E-state index contributed by atoms with van der Waals surface area (Å²) in [6.45, 7) is 0.660. The summed E-state index contributed by atoms with van der Waals surface area (Å²) in [6, 6.07) is 8.87. The smallest absolute Gasteiger partial charge is 0.293 e. The maximum absolute atomic E-state index is 9.83. The van der Waals surface area contributed by atoms with E-state index in [9.17, 15) is 4.79 Å². The summed E-state index contributed by atoms with van der Waals surface area (Å²) in [5.74, 6) is 0. The van der Waals surface area contributed by atoms with Crippen molar-refractivity contribution >= 4 is 6.47 Å². The fourth-order valence-corrected chi connectivity index (χ4v) is 0.806. The van der Waals surface area contributed by atoms with Gasteiger partial charge in [-0.2, -0.15) is 5.26 Å². The normalized spacial score (nSPS) is 8.58. The zero-order chi connectivity index (χ0) is 8.81. The van der Waals surface area contributed by atoms with Crippen molar-refractivity contribution in [1.29, 1.82) is 5.26 Å². The van der Waals surface area contributed by atoms with Gasteiger partial charge >= 0.3 is 0 Å². The molecule has 0 spiro atoms. The Balaban J connectivity index is 2.66. The third-order valence-electron chi connectivity index (χ3n) is 1.40. The molecule has 0 aliphatic heterocycles. The molecule has 0 N–H and O–H groups in total. The highest BCUT2D eigenvalue weighted by atomic mass is 16.5. The Labute approximate surface area is 70.2 Å². The lowest BCUT2D eigenvalue weighted by molar-refractivity contribution is -0.129. The fourth-order valence-electron chi connectivity index (χ4n) is 0.806. The summed E-state index contributed by atoms with van der Waals surface area (Å²) in [7, 11) is 0. The van der Waals surface area contributed by atoms with E-state index in [2.05, 4.69) is 4.74 Å². The Bertz CT molecular complexity index is 297. The minimum absolute atomic E-state index is 0.259. The second kappa shape index (κ2) is 4.14. The van der Waals surface area contributed by atoms with Crippen LogP contribution in [0.2, 0.25) is 0 Å². The molecule has 1 aromatic rings. The SMILES string of the molecule is N#Cc1ccc(COC=O)cc1. The summed E-state index contributed by atoms with van der Waals surface area (Å²) in [6.07, 6.45) is 0. The molecule has 0 aliphatic rings.